The van der Waals surface area contributed by atoms with Gasteiger partial charge in [0.2, 0.25) is 0 Å². The number of aromatic nitrogens is 3. The van der Waals surface area contributed by atoms with Gasteiger partial charge in [0.05, 0.1) is 12.3 Å². The van der Waals surface area contributed by atoms with E-state index in [4.69, 9.17) is 4.74 Å². The maximum atomic E-state index is 5.22. The van der Waals surface area contributed by atoms with Crippen LogP contribution in [0.25, 0.3) is 10.8 Å². The summed E-state index contributed by atoms with van der Waals surface area (Å²) >= 11 is 1.62. The first-order chi connectivity index (χ1) is 9.60. The van der Waals surface area contributed by atoms with Crippen molar-refractivity contribution in [1.29, 1.82) is 0 Å². The fourth-order valence-electron chi connectivity index (χ4n) is 1.67. The number of hydrogen-bond acceptors (Lipinski definition) is 6. The molecule has 6 heteroatoms. The van der Waals surface area contributed by atoms with Crippen LogP contribution in [0.5, 0.6) is 0 Å². The summed E-state index contributed by atoms with van der Waals surface area (Å²) < 4.78 is 5.22. The highest BCUT2D eigenvalue weighted by Crippen LogP contribution is 2.26. The van der Waals surface area contributed by atoms with Gasteiger partial charge in [-0.15, -0.1) is 11.3 Å². The number of rotatable bonds is 6. The minimum Gasteiger partial charge on any atom is -0.378 e. The second kappa shape index (κ2) is 6.88. The second-order valence-corrected chi connectivity index (χ2v) is 6.03. The van der Waals surface area contributed by atoms with Gasteiger partial charge in [0, 0.05) is 37.0 Å². The molecule has 108 valence electrons. The maximum Gasteiger partial charge on any atom is 0.188 e. The summed E-state index contributed by atoms with van der Waals surface area (Å²) in [5, 5.41) is 4.25. The predicted molar refractivity (Wildman–Crippen MR) is 80.6 cm³/mol. The number of nitrogens with zero attached hydrogens (tertiary/aromatic N) is 3. The largest absolute Gasteiger partial charge is 0.378 e. The van der Waals surface area contributed by atoms with Crippen molar-refractivity contribution in [2.75, 3.05) is 7.11 Å². The quantitative estimate of drug-likeness (QED) is 0.886. The van der Waals surface area contributed by atoms with E-state index in [1.807, 2.05) is 19.3 Å². The highest BCUT2D eigenvalue weighted by Gasteiger charge is 2.14. The van der Waals surface area contributed by atoms with E-state index in [0.717, 1.165) is 22.8 Å². The van der Waals surface area contributed by atoms with Crippen LogP contribution in [0.15, 0.2) is 12.4 Å². The number of nitrogens with one attached hydrogen (secondary N) is 1. The third kappa shape index (κ3) is 3.82. The Balaban J connectivity index is 2.25. The molecular weight excluding hydrogens is 272 g/mol. The van der Waals surface area contributed by atoms with Crippen LogP contribution in [0.2, 0.25) is 0 Å². The molecule has 0 saturated carbocycles. The lowest BCUT2D eigenvalue weighted by Gasteiger charge is -2.07. The molecule has 20 heavy (non-hydrogen) atoms. The first kappa shape index (κ1) is 15.0. The highest BCUT2D eigenvalue weighted by atomic mass is 32.1. The van der Waals surface area contributed by atoms with Gasteiger partial charge in [-0.3, -0.25) is 0 Å². The van der Waals surface area contributed by atoms with Crippen molar-refractivity contribution in [3.05, 3.63) is 28.5 Å². The topological polar surface area (TPSA) is 59.9 Å². The molecule has 5 nitrogen and oxygen atoms in total. The summed E-state index contributed by atoms with van der Waals surface area (Å²) in [4.78, 5) is 14.5. The first-order valence-corrected chi connectivity index (χ1v) is 7.41. The SMILES string of the molecule is COCc1nc(-c2ncc(C)cn2)sc1CNC(C)C. The van der Waals surface area contributed by atoms with Crippen LogP contribution in [0.1, 0.15) is 30.0 Å². The number of hydrogen-bond donors (Lipinski definition) is 1. The highest BCUT2D eigenvalue weighted by molar-refractivity contribution is 7.15. The molecule has 2 aromatic heterocycles. The number of thiazole rings is 1. The van der Waals surface area contributed by atoms with Crippen LogP contribution in [0.3, 0.4) is 0 Å². The lowest BCUT2D eigenvalue weighted by Crippen LogP contribution is -2.21. The molecule has 0 radical (unpaired) electrons. The van der Waals surface area contributed by atoms with E-state index in [2.05, 4.69) is 34.1 Å². The van der Waals surface area contributed by atoms with Crippen molar-refractivity contribution in [2.24, 2.45) is 0 Å². The molecule has 2 rings (SSSR count). The van der Waals surface area contributed by atoms with Gasteiger partial charge in [0.1, 0.15) is 0 Å². The zero-order valence-electron chi connectivity index (χ0n) is 12.3. The van der Waals surface area contributed by atoms with Gasteiger partial charge in [-0.25, -0.2) is 15.0 Å². The second-order valence-electron chi connectivity index (χ2n) is 4.94. The van der Waals surface area contributed by atoms with E-state index < -0.39 is 0 Å². The van der Waals surface area contributed by atoms with E-state index in [0.29, 0.717) is 18.5 Å². The molecular formula is C14H20N4OS. The Morgan fingerprint density at radius 1 is 1.30 bits per heavy atom. The number of aryl methyl sites for hydroxylation is 1. The third-order valence-corrected chi connectivity index (χ3v) is 3.80. The van der Waals surface area contributed by atoms with E-state index in [9.17, 15) is 0 Å². The molecule has 0 aliphatic heterocycles. The van der Waals surface area contributed by atoms with Crippen molar-refractivity contribution in [3.8, 4) is 10.8 Å². The fourth-order valence-corrected chi connectivity index (χ4v) is 2.63. The lowest BCUT2D eigenvalue weighted by atomic mass is 10.3. The Kier molecular flexibility index (Phi) is 5.17. The summed E-state index contributed by atoms with van der Waals surface area (Å²) in [5.74, 6) is 0.675. The van der Waals surface area contributed by atoms with Gasteiger partial charge in [-0.05, 0) is 12.5 Å². The van der Waals surface area contributed by atoms with Crippen LogP contribution in [0, 0.1) is 6.92 Å². The number of methoxy groups -OCH3 is 1. The molecule has 1 N–H and O–H groups in total. The molecule has 2 heterocycles. The molecule has 0 atom stereocenters. The summed E-state index contributed by atoms with van der Waals surface area (Å²) in [5.41, 5.74) is 2.01. The fraction of sp³-hybridized carbons (Fsp3) is 0.500. The van der Waals surface area contributed by atoms with Crippen molar-refractivity contribution < 1.29 is 4.74 Å². The standard InChI is InChI=1S/C14H20N4OS/c1-9(2)15-7-12-11(8-19-4)18-14(20-12)13-16-5-10(3)6-17-13/h5-6,9,15H,7-8H2,1-4H3. The smallest absolute Gasteiger partial charge is 0.188 e. The van der Waals surface area contributed by atoms with Crippen LogP contribution < -0.4 is 5.32 Å². The summed E-state index contributed by atoms with van der Waals surface area (Å²) in [6.45, 7) is 7.53. The van der Waals surface area contributed by atoms with Crippen molar-refractivity contribution in [3.63, 3.8) is 0 Å². The zero-order valence-corrected chi connectivity index (χ0v) is 13.1. The summed E-state index contributed by atoms with van der Waals surface area (Å²) in [6, 6.07) is 0.437. The molecule has 0 saturated heterocycles. The Morgan fingerprint density at radius 2 is 2.00 bits per heavy atom. The minimum atomic E-state index is 0.437. The van der Waals surface area contributed by atoms with Crippen molar-refractivity contribution >= 4 is 11.3 Å². The number of ether oxygens (including phenoxy) is 1. The first-order valence-electron chi connectivity index (χ1n) is 6.60. The zero-order chi connectivity index (χ0) is 14.5. The molecule has 0 spiro atoms. The molecule has 0 aromatic carbocycles. The van der Waals surface area contributed by atoms with Crippen LogP contribution in [0.4, 0.5) is 0 Å². The predicted octanol–water partition coefficient (Wildman–Crippen LogP) is 2.55. The average Bonchev–Trinajstić information content (AvgIpc) is 2.81. The van der Waals surface area contributed by atoms with Gasteiger partial charge in [0.25, 0.3) is 0 Å². The Hall–Kier alpha value is -1.37. The Bertz CT molecular complexity index is 551. The molecule has 0 unspecified atom stereocenters. The lowest BCUT2D eigenvalue weighted by molar-refractivity contribution is 0.181. The molecule has 0 aliphatic rings. The molecule has 2 aromatic rings. The van der Waals surface area contributed by atoms with Crippen LogP contribution >= 0.6 is 11.3 Å². The molecule has 0 fully saturated rings. The van der Waals surface area contributed by atoms with Crippen molar-refractivity contribution in [1.82, 2.24) is 20.3 Å². The Morgan fingerprint density at radius 3 is 2.60 bits per heavy atom. The average molecular weight is 292 g/mol. The summed E-state index contributed by atoms with van der Waals surface area (Å²) in [7, 11) is 1.68. The Labute approximate surface area is 123 Å². The van der Waals surface area contributed by atoms with Crippen molar-refractivity contribution in [2.45, 2.75) is 40.0 Å². The molecule has 0 bridgehead atoms. The van der Waals surface area contributed by atoms with Gasteiger partial charge in [-0.2, -0.15) is 0 Å². The molecule has 0 aliphatic carbocycles. The van der Waals surface area contributed by atoms with Gasteiger partial charge >= 0.3 is 0 Å². The monoisotopic (exact) mass is 292 g/mol. The van der Waals surface area contributed by atoms with Gasteiger partial charge < -0.3 is 10.1 Å². The molecule has 0 amide bonds. The van der Waals surface area contributed by atoms with Gasteiger partial charge in [-0.1, -0.05) is 13.8 Å². The normalized spacial score (nSPS) is 11.2. The maximum absolute atomic E-state index is 5.22. The van der Waals surface area contributed by atoms with E-state index in [-0.39, 0.29) is 0 Å². The van der Waals surface area contributed by atoms with E-state index in [1.165, 1.54) is 4.88 Å². The van der Waals surface area contributed by atoms with Crippen LogP contribution in [-0.4, -0.2) is 28.1 Å². The summed E-state index contributed by atoms with van der Waals surface area (Å²) in [6.07, 6.45) is 3.62. The van der Waals surface area contributed by atoms with E-state index in [1.54, 1.807) is 18.4 Å². The van der Waals surface area contributed by atoms with Gasteiger partial charge in [0.15, 0.2) is 10.8 Å². The van der Waals surface area contributed by atoms with Crippen LogP contribution in [-0.2, 0) is 17.9 Å². The van der Waals surface area contributed by atoms with E-state index >= 15 is 0 Å². The third-order valence-electron chi connectivity index (χ3n) is 2.70. The minimum absolute atomic E-state index is 0.437.